The maximum Gasteiger partial charge on any atom is 0.423 e. The third-order valence-corrected chi connectivity index (χ3v) is 5.63. The standard InChI is InChI=1S/C20H22N4O4/c21-20(25)28-24-11-15-8-16(24)10-23(15)9-13-3-5-14(6-4-13)18-12-26-17-2-1-7-22-19(17)27-18/h1-7,15-16,18H,8-12H2,(H2,21,25)/t15-,16-,18+/m0/s1. The Labute approximate surface area is 162 Å². The van der Waals surface area contributed by atoms with Crippen LogP contribution in [-0.2, 0) is 11.4 Å². The lowest BCUT2D eigenvalue weighted by molar-refractivity contribution is -0.127. The molecule has 2 fully saturated rings. The first kappa shape index (κ1) is 17.3. The van der Waals surface area contributed by atoms with Gasteiger partial charge in [0, 0.05) is 25.3 Å². The first-order valence-corrected chi connectivity index (χ1v) is 9.47. The highest BCUT2D eigenvalue weighted by Gasteiger charge is 2.45. The molecule has 3 atom stereocenters. The van der Waals surface area contributed by atoms with Crippen molar-refractivity contribution in [3.63, 3.8) is 0 Å². The minimum atomic E-state index is -0.735. The number of primary amides is 1. The number of hydrogen-bond acceptors (Lipinski definition) is 7. The van der Waals surface area contributed by atoms with Crippen LogP contribution < -0.4 is 15.2 Å². The van der Waals surface area contributed by atoms with E-state index in [1.165, 1.54) is 5.56 Å². The van der Waals surface area contributed by atoms with Crippen LogP contribution in [0.5, 0.6) is 11.6 Å². The van der Waals surface area contributed by atoms with E-state index >= 15 is 0 Å². The molecule has 2 N–H and O–H groups in total. The van der Waals surface area contributed by atoms with Gasteiger partial charge in [0.15, 0.2) is 11.9 Å². The van der Waals surface area contributed by atoms with E-state index in [0.29, 0.717) is 30.8 Å². The number of amides is 1. The van der Waals surface area contributed by atoms with Crippen molar-refractivity contribution in [3.8, 4) is 11.6 Å². The molecule has 1 aromatic heterocycles. The molecule has 2 saturated heterocycles. The molecule has 0 aliphatic carbocycles. The molecule has 2 bridgehead atoms. The van der Waals surface area contributed by atoms with E-state index in [9.17, 15) is 4.79 Å². The fourth-order valence-corrected chi connectivity index (χ4v) is 4.28. The van der Waals surface area contributed by atoms with Gasteiger partial charge in [0.1, 0.15) is 6.61 Å². The van der Waals surface area contributed by atoms with Crippen molar-refractivity contribution >= 4 is 6.09 Å². The molecular formula is C20H22N4O4. The number of hydrogen-bond donors (Lipinski definition) is 1. The summed E-state index contributed by atoms with van der Waals surface area (Å²) in [5, 5.41) is 1.72. The largest absolute Gasteiger partial charge is 0.484 e. The number of benzene rings is 1. The molecule has 3 aliphatic rings. The summed E-state index contributed by atoms with van der Waals surface area (Å²) >= 11 is 0. The number of pyridine rings is 1. The van der Waals surface area contributed by atoms with Gasteiger partial charge in [-0.1, -0.05) is 24.3 Å². The number of piperazine rings is 1. The Morgan fingerprint density at radius 3 is 2.82 bits per heavy atom. The number of ether oxygens (including phenoxy) is 2. The minimum absolute atomic E-state index is 0.154. The summed E-state index contributed by atoms with van der Waals surface area (Å²) in [4.78, 5) is 22.7. The third-order valence-electron chi connectivity index (χ3n) is 5.63. The average molecular weight is 382 g/mol. The molecule has 0 spiro atoms. The van der Waals surface area contributed by atoms with Gasteiger partial charge >= 0.3 is 6.09 Å². The molecule has 2 aromatic rings. The first-order valence-electron chi connectivity index (χ1n) is 9.47. The second kappa shape index (κ2) is 6.96. The predicted octanol–water partition coefficient (Wildman–Crippen LogP) is 1.86. The van der Waals surface area contributed by atoms with Crippen LogP contribution in [0.3, 0.4) is 0 Å². The Bertz CT molecular complexity index is 875. The number of likely N-dealkylation sites (tertiary alicyclic amines) is 1. The summed E-state index contributed by atoms with van der Waals surface area (Å²) in [5.41, 5.74) is 7.44. The summed E-state index contributed by atoms with van der Waals surface area (Å²) in [6.45, 7) is 2.94. The molecule has 28 heavy (non-hydrogen) atoms. The molecule has 8 heteroatoms. The summed E-state index contributed by atoms with van der Waals surface area (Å²) in [7, 11) is 0. The molecular weight excluding hydrogens is 360 g/mol. The second-order valence-electron chi connectivity index (χ2n) is 7.45. The third kappa shape index (κ3) is 3.25. The lowest BCUT2D eigenvalue weighted by Gasteiger charge is -2.32. The maximum atomic E-state index is 11.0. The Hall–Kier alpha value is -2.84. The average Bonchev–Trinajstić information content (AvgIpc) is 3.27. The SMILES string of the molecule is NC(=O)ON1C[C@@H]2C[C@H]1CN2Cc1ccc([C@H]2COc3cccnc3O2)cc1. The van der Waals surface area contributed by atoms with Crippen LogP contribution in [0, 0.1) is 0 Å². The number of fused-ring (bicyclic) bond motifs is 3. The van der Waals surface area contributed by atoms with Crippen LogP contribution in [0.25, 0.3) is 0 Å². The summed E-state index contributed by atoms with van der Waals surface area (Å²) in [5.74, 6) is 1.23. The van der Waals surface area contributed by atoms with E-state index in [0.717, 1.165) is 25.1 Å². The van der Waals surface area contributed by atoms with E-state index in [2.05, 4.69) is 34.1 Å². The maximum absolute atomic E-state index is 11.0. The second-order valence-corrected chi connectivity index (χ2v) is 7.45. The number of nitrogens with two attached hydrogens (primary N) is 1. The normalized spacial score (nSPS) is 26.4. The van der Waals surface area contributed by atoms with Crippen LogP contribution in [0.1, 0.15) is 23.7 Å². The van der Waals surface area contributed by atoms with Crippen molar-refractivity contribution < 1.29 is 19.1 Å². The molecule has 8 nitrogen and oxygen atoms in total. The van der Waals surface area contributed by atoms with Gasteiger partial charge in [0.2, 0.25) is 0 Å². The minimum Gasteiger partial charge on any atom is -0.484 e. The van der Waals surface area contributed by atoms with Gasteiger partial charge in [-0.15, -0.1) is 5.06 Å². The monoisotopic (exact) mass is 382 g/mol. The van der Waals surface area contributed by atoms with E-state index in [4.69, 9.17) is 20.0 Å². The first-order chi connectivity index (χ1) is 13.7. The lowest BCUT2D eigenvalue weighted by Crippen LogP contribution is -2.47. The van der Waals surface area contributed by atoms with E-state index in [-0.39, 0.29) is 12.1 Å². The molecule has 0 radical (unpaired) electrons. The number of aromatic nitrogens is 1. The highest BCUT2D eigenvalue weighted by Crippen LogP contribution is 2.35. The molecule has 0 unspecified atom stereocenters. The zero-order valence-corrected chi connectivity index (χ0v) is 15.4. The molecule has 3 aliphatic heterocycles. The fourth-order valence-electron chi connectivity index (χ4n) is 4.28. The van der Waals surface area contributed by atoms with Gasteiger partial charge in [-0.2, -0.15) is 0 Å². The van der Waals surface area contributed by atoms with Crippen LogP contribution in [0.2, 0.25) is 0 Å². The van der Waals surface area contributed by atoms with E-state index < -0.39 is 6.09 Å². The molecule has 0 saturated carbocycles. The van der Waals surface area contributed by atoms with Gasteiger partial charge in [-0.3, -0.25) is 4.90 Å². The number of rotatable bonds is 4. The summed E-state index contributed by atoms with van der Waals surface area (Å²) in [6.07, 6.45) is 1.82. The van der Waals surface area contributed by atoms with Gasteiger partial charge in [-0.05, 0) is 29.7 Å². The Kier molecular flexibility index (Phi) is 4.29. The van der Waals surface area contributed by atoms with Gasteiger partial charge in [0.25, 0.3) is 5.88 Å². The van der Waals surface area contributed by atoms with Crippen molar-refractivity contribution in [2.24, 2.45) is 5.73 Å². The van der Waals surface area contributed by atoms with E-state index in [1.54, 1.807) is 11.3 Å². The van der Waals surface area contributed by atoms with Crippen LogP contribution in [0.15, 0.2) is 42.6 Å². The topological polar surface area (TPSA) is 90.2 Å². The highest BCUT2D eigenvalue weighted by molar-refractivity contribution is 5.64. The zero-order chi connectivity index (χ0) is 19.1. The van der Waals surface area contributed by atoms with Gasteiger partial charge < -0.3 is 20.0 Å². The fraction of sp³-hybridized carbons (Fsp3) is 0.400. The number of nitrogens with zero attached hydrogens (tertiary/aromatic N) is 3. The molecule has 1 aromatic carbocycles. The summed E-state index contributed by atoms with van der Waals surface area (Å²) < 4.78 is 11.7. The van der Waals surface area contributed by atoms with E-state index in [1.807, 2.05) is 12.1 Å². The Balaban J connectivity index is 1.20. The zero-order valence-electron chi connectivity index (χ0n) is 15.4. The van der Waals surface area contributed by atoms with Crippen molar-refractivity contribution in [2.45, 2.75) is 31.2 Å². The number of carbonyl (C=O) groups excluding carboxylic acids is 1. The van der Waals surface area contributed by atoms with Gasteiger partial charge in [-0.25, -0.2) is 9.78 Å². The van der Waals surface area contributed by atoms with Crippen molar-refractivity contribution in [3.05, 3.63) is 53.7 Å². The summed E-state index contributed by atoms with van der Waals surface area (Å²) in [6, 6.07) is 12.8. The molecule has 5 rings (SSSR count). The van der Waals surface area contributed by atoms with Gasteiger partial charge in [0.05, 0.1) is 12.6 Å². The highest BCUT2D eigenvalue weighted by atomic mass is 16.7. The molecule has 4 heterocycles. The smallest absolute Gasteiger partial charge is 0.423 e. The molecule has 1 amide bonds. The quantitative estimate of drug-likeness (QED) is 0.863. The van der Waals surface area contributed by atoms with Crippen molar-refractivity contribution in [1.29, 1.82) is 0 Å². The Morgan fingerprint density at radius 2 is 2.07 bits per heavy atom. The number of carbonyl (C=O) groups is 1. The molecule has 146 valence electrons. The van der Waals surface area contributed by atoms with Crippen molar-refractivity contribution in [1.82, 2.24) is 14.9 Å². The van der Waals surface area contributed by atoms with Crippen LogP contribution in [0.4, 0.5) is 4.79 Å². The van der Waals surface area contributed by atoms with Crippen LogP contribution in [-0.4, -0.2) is 52.8 Å². The van der Waals surface area contributed by atoms with Crippen molar-refractivity contribution in [2.75, 3.05) is 19.7 Å². The lowest BCUT2D eigenvalue weighted by atomic mass is 10.1. The predicted molar refractivity (Wildman–Crippen MR) is 99.5 cm³/mol. The van der Waals surface area contributed by atoms with Crippen LogP contribution >= 0.6 is 0 Å². The number of hydroxylamine groups is 2. The Morgan fingerprint density at radius 1 is 1.21 bits per heavy atom.